The van der Waals surface area contributed by atoms with Gasteiger partial charge in [0.05, 0.1) is 12.7 Å². The molecule has 0 aromatic heterocycles. The largest absolute Gasteiger partial charge is 0.373 e. The maximum absolute atomic E-state index is 12.3. The number of nitrogens with two attached hydrogens (primary N) is 1. The van der Waals surface area contributed by atoms with Crippen LogP contribution in [-0.4, -0.2) is 63.2 Å². The molecule has 5 rings (SSSR count). The molecule has 1 aliphatic rings. The molecule has 1 aliphatic heterocycles. The number of hydrogen-bond donors (Lipinski definition) is 2. The van der Waals surface area contributed by atoms with E-state index in [0.29, 0.717) is 17.7 Å². The SMILES string of the molecule is C[C@@H](NCC1CN(c2cccc(C(=O)N(C)C)c2)CCO1)c1cccc2ccccc12.NC(=O)c1ccccc1. The van der Waals surface area contributed by atoms with Crippen LogP contribution >= 0.6 is 0 Å². The molecule has 2 atom stereocenters. The summed E-state index contributed by atoms with van der Waals surface area (Å²) < 4.78 is 6.04. The Morgan fingerprint density at radius 3 is 2.35 bits per heavy atom. The van der Waals surface area contributed by atoms with Crippen molar-refractivity contribution in [2.45, 2.75) is 19.1 Å². The summed E-state index contributed by atoms with van der Waals surface area (Å²) >= 11 is 0. The van der Waals surface area contributed by atoms with Crippen molar-refractivity contribution >= 4 is 28.3 Å². The van der Waals surface area contributed by atoms with E-state index in [1.54, 1.807) is 43.3 Å². The van der Waals surface area contributed by atoms with Crippen molar-refractivity contribution in [3.63, 3.8) is 0 Å². The number of carbonyl (C=O) groups is 2. The van der Waals surface area contributed by atoms with Gasteiger partial charge in [-0.3, -0.25) is 9.59 Å². The van der Waals surface area contributed by atoms with Gasteiger partial charge in [0.15, 0.2) is 0 Å². The van der Waals surface area contributed by atoms with Gasteiger partial charge >= 0.3 is 0 Å². The van der Waals surface area contributed by atoms with Crippen LogP contribution in [0.3, 0.4) is 0 Å². The average Bonchev–Trinajstić information content (AvgIpc) is 3.00. The van der Waals surface area contributed by atoms with Crippen LogP contribution in [0, 0.1) is 0 Å². The highest BCUT2D eigenvalue weighted by atomic mass is 16.5. The molecule has 208 valence electrons. The number of ether oxygens (including phenoxy) is 1. The van der Waals surface area contributed by atoms with E-state index in [-0.39, 0.29) is 24.0 Å². The molecular weight excluding hydrogens is 500 g/mol. The first-order valence-corrected chi connectivity index (χ1v) is 13.6. The summed E-state index contributed by atoms with van der Waals surface area (Å²) in [6.45, 7) is 5.29. The second-order valence-electron chi connectivity index (χ2n) is 10.1. The van der Waals surface area contributed by atoms with E-state index in [0.717, 1.165) is 25.3 Å². The van der Waals surface area contributed by atoms with Crippen LogP contribution in [0.5, 0.6) is 0 Å². The monoisotopic (exact) mass is 538 g/mol. The lowest BCUT2D eigenvalue weighted by molar-refractivity contribution is 0.0395. The Bertz CT molecular complexity index is 1420. The van der Waals surface area contributed by atoms with Gasteiger partial charge < -0.3 is 25.6 Å². The molecule has 0 aliphatic carbocycles. The van der Waals surface area contributed by atoms with Gasteiger partial charge in [0, 0.05) is 56.6 Å². The molecule has 1 heterocycles. The van der Waals surface area contributed by atoms with Crippen LogP contribution < -0.4 is 16.0 Å². The Morgan fingerprint density at radius 1 is 0.950 bits per heavy atom. The Kier molecular flexibility index (Phi) is 9.89. The first-order valence-electron chi connectivity index (χ1n) is 13.6. The number of anilines is 1. The maximum Gasteiger partial charge on any atom is 0.253 e. The van der Waals surface area contributed by atoms with Crippen molar-refractivity contribution in [2.75, 3.05) is 45.2 Å². The predicted octanol–water partition coefficient (Wildman–Crippen LogP) is 4.88. The fourth-order valence-electron chi connectivity index (χ4n) is 4.82. The maximum atomic E-state index is 12.3. The minimum absolute atomic E-state index is 0.0252. The molecule has 40 heavy (non-hydrogen) atoms. The van der Waals surface area contributed by atoms with Crippen LogP contribution in [0.4, 0.5) is 5.69 Å². The molecule has 1 saturated heterocycles. The summed E-state index contributed by atoms with van der Waals surface area (Å²) in [6, 6.07) is 31.9. The summed E-state index contributed by atoms with van der Waals surface area (Å²) in [7, 11) is 3.56. The molecule has 4 aromatic rings. The fourth-order valence-corrected chi connectivity index (χ4v) is 4.82. The molecule has 0 saturated carbocycles. The molecule has 7 heteroatoms. The van der Waals surface area contributed by atoms with Crippen LogP contribution in [0.2, 0.25) is 0 Å². The Labute approximate surface area is 236 Å². The highest BCUT2D eigenvalue weighted by Gasteiger charge is 2.22. The van der Waals surface area contributed by atoms with Crippen LogP contribution in [0.15, 0.2) is 97.1 Å². The fraction of sp³-hybridized carbons (Fsp3) is 0.273. The van der Waals surface area contributed by atoms with Gasteiger partial charge in [-0.05, 0) is 53.6 Å². The number of fused-ring (bicyclic) bond motifs is 1. The lowest BCUT2D eigenvalue weighted by atomic mass is 9.99. The highest BCUT2D eigenvalue weighted by molar-refractivity contribution is 5.95. The predicted molar refractivity (Wildman–Crippen MR) is 162 cm³/mol. The minimum atomic E-state index is -0.379. The molecule has 7 nitrogen and oxygen atoms in total. The number of primary amides is 1. The van der Waals surface area contributed by atoms with Gasteiger partial charge in [-0.15, -0.1) is 0 Å². The number of rotatable bonds is 7. The minimum Gasteiger partial charge on any atom is -0.373 e. The molecule has 1 fully saturated rings. The number of benzene rings is 4. The zero-order valence-electron chi connectivity index (χ0n) is 23.4. The van der Waals surface area contributed by atoms with Crippen molar-refractivity contribution in [3.8, 4) is 0 Å². The summed E-state index contributed by atoms with van der Waals surface area (Å²) in [5.41, 5.74) is 8.62. The summed E-state index contributed by atoms with van der Waals surface area (Å²) in [6.07, 6.45) is 0.0967. The first kappa shape index (κ1) is 28.8. The number of morpholine rings is 1. The standard InChI is InChI=1S/C26H31N3O2.C7H7NO/c1-19(24-13-7-9-20-8-4-5-12-25(20)24)27-17-23-18-29(14-15-31-23)22-11-6-10-21(16-22)26(30)28(2)3;8-7(9)6-4-2-1-3-5-6/h4-13,16,19,23,27H,14-15,17-18H2,1-3H3;1-5H,(H2,8,9)/t19-,23?;/m1./s1. The van der Waals surface area contributed by atoms with E-state index < -0.39 is 0 Å². The van der Waals surface area contributed by atoms with E-state index in [9.17, 15) is 9.59 Å². The van der Waals surface area contributed by atoms with Gasteiger partial charge in [-0.25, -0.2) is 0 Å². The summed E-state index contributed by atoms with van der Waals surface area (Å²) in [4.78, 5) is 26.7. The van der Waals surface area contributed by atoms with Gasteiger partial charge in [0.25, 0.3) is 5.91 Å². The van der Waals surface area contributed by atoms with Crippen LogP contribution in [0.25, 0.3) is 10.8 Å². The zero-order valence-corrected chi connectivity index (χ0v) is 23.4. The third kappa shape index (κ3) is 7.46. The molecule has 0 bridgehead atoms. The zero-order chi connectivity index (χ0) is 28.5. The number of nitrogens with zero attached hydrogens (tertiary/aromatic N) is 2. The van der Waals surface area contributed by atoms with Crippen molar-refractivity contribution in [1.29, 1.82) is 0 Å². The van der Waals surface area contributed by atoms with E-state index in [4.69, 9.17) is 10.5 Å². The van der Waals surface area contributed by atoms with Crippen molar-refractivity contribution in [3.05, 3.63) is 114 Å². The highest BCUT2D eigenvalue weighted by Crippen LogP contribution is 2.25. The van der Waals surface area contributed by atoms with Crippen molar-refractivity contribution in [1.82, 2.24) is 10.2 Å². The van der Waals surface area contributed by atoms with Crippen LogP contribution in [-0.2, 0) is 4.74 Å². The molecule has 2 amide bonds. The Balaban J connectivity index is 0.000000350. The quantitative estimate of drug-likeness (QED) is 0.350. The van der Waals surface area contributed by atoms with Crippen LogP contribution in [0.1, 0.15) is 39.2 Å². The Hall–Kier alpha value is -4.20. The number of hydrogen-bond acceptors (Lipinski definition) is 5. The smallest absolute Gasteiger partial charge is 0.253 e. The molecular formula is C33H38N4O3. The van der Waals surface area contributed by atoms with E-state index in [1.165, 1.54) is 16.3 Å². The number of carbonyl (C=O) groups excluding carboxylic acids is 2. The average molecular weight is 539 g/mol. The normalized spacial score (nSPS) is 15.6. The van der Waals surface area contributed by atoms with Crippen molar-refractivity contribution in [2.24, 2.45) is 5.73 Å². The summed E-state index contributed by atoms with van der Waals surface area (Å²) in [5, 5.41) is 6.22. The third-order valence-electron chi connectivity index (χ3n) is 7.00. The van der Waals surface area contributed by atoms with E-state index in [1.807, 2.05) is 24.3 Å². The molecule has 4 aromatic carbocycles. The second kappa shape index (κ2) is 13.7. The lowest BCUT2D eigenvalue weighted by Gasteiger charge is -2.35. The molecule has 0 spiro atoms. The van der Waals surface area contributed by atoms with Gasteiger partial charge in [-0.1, -0.05) is 66.7 Å². The van der Waals surface area contributed by atoms with E-state index >= 15 is 0 Å². The topological polar surface area (TPSA) is 87.9 Å². The second-order valence-corrected chi connectivity index (χ2v) is 10.1. The van der Waals surface area contributed by atoms with E-state index in [2.05, 4.69) is 65.7 Å². The van der Waals surface area contributed by atoms with Crippen molar-refractivity contribution < 1.29 is 14.3 Å². The number of nitrogens with one attached hydrogen (secondary N) is 1. The van der Waals surface area contributed by atoms with Gasteiger partial charge in [0.2, 0.25) is 5.91 Å². The summed E-state index contributed by atoms with van der Waals surface area (Å²) in [5.74, 6) is -0.354. The molecule has 1 unspecified atom stereocenters. The van der Waals surface area contributed by atoms with Gasteiger partial charge in [-0.2, -0.15) is 0 Å². The first-order chi connectivity index (χ1) is 19.3. The molecule has 0 radical (unpaired) electrons. The van der Waals surface area contributed by atoms with Gasteiger partial charge in [0.1, 0.15) is 0 Å². The lowest BCUT2D eigenvalue weighted by Crippen LogP contribution is -2.47. The molecule has 3 N–H and O–H groups in total. The number of amides is 2. The Morgan fingerprint density at radius 2 is 1.62 bits per heavy atom. The third-order valence-corrected chi connectivity index (χ3v) is 7.00.